The zero-order valence-electron chi connectivity index (χ0n) is 11.5. The van der Waals surface area contributed by atoms with Crippen LogP contribution < -0.4 is 5.32 Å². The first kappa shape index (κ1) is 15.0. The standard InChI is InChI=1S/C13H27NO2S/c1-4-9-17(15,16)10-8-13(3,5-2)11-14-12-6-7-12/h12,14H,4-11H2,1-3H3. The molecule has 0 aromatic rings. The van der Waals surface area contributed by atoms with Gasteiger partial charge >= 0.3 is 0 Å². The molecule has 0 heterocycles. The molecule has 0 spiro atoms. The molecule has 0 amide bonds. The summed E-state index contributed by atoms with van der Waals surface area (Å²) in [5.41, 5.74) is 0.128. The van der Waals surface area contributed by atoms with Crippen molar-refractivity contribution in [1.29, 1.82) is 0 Å². The smallest absolute Gasteiger partial charge is 0.150 e. The van der Waals surface area contributed by atoms with E-state index in [4.69, 9.17) is 0 Å². The number of rotatable bonds is 9. The Balaban J connectivity index is 2.38. The minimum Gasteiger partial charge on any atom is -0.313 e. The maximum Gasteiger partial charge on any atom is 0.150 e. The average molecular weight is 261 g/mol. The highest BCUT2D eigenvalue weighted by atomic mass is 32.2. The molecule has 1 aliphatic rings. The summed E-state index contributed by atoms with van der Waals surface area (Å²) in [6.45, 7) is 7.23. The molecule has 0 aromatic carbocycles. The molecule has 0 saturated heterocycles. The van der Waals surface area contributed by atoms with Gasteiger partial charge in [-0.2, -0.15) is 0 Å². The summed E-state index contributed by atoms with van der Waals surface area (Å²) in [7, 11) is -2.83. The zero-order valence-corrected chi connectivity index (χ0v) is 12.3. The lowest BCUT2D eigenvalue weighted by molar-refractivity contribution is 0.281. The van der Waals surface area contributed by atoms with E-state index in [0.717, 1.165) is 25.8 Å². The molecule has 1 fully saturated rings. The first-order valence-corrected chi connectivity index (χ1v) is 8.67. The second-order valence-electron chi connectivity index (χ2n) is 5.72. The molecule has 0 radical (unpaired) electrons. The second kappa shape index (κ2) is 6.19. The Hall–Kier alpha value is -0.0900. The van der Waals surface area contributed by atoms with Crippen molar-refractivity contribution in [2.75, 3.05) is 18.1 Å². The first-order chi connectivity index (χ1) is 7.91. The third-order valence-corrected chi connectivity index (χ3v) is 5.64. The summed E-state index contributed by atoms with van der Waals surface area (Å²) in [6.07, 6.45) is 5.12. The maximum absolute atomic E-state index is 11.7. The molecule has 1 aliphatic carbocycles. The van der Waals surface area contributed by atoms with Crippen molar-refractivity contribution in [2.45, 2.75) is 58.9 Å². The third-order valence-electron chi connectivity index (χ3n) is 3.78. The van der Waals surface area contributed by atoms with Gasteiger partial charge in [-0.05, 0) is 37.5 Å². The predicted octanol–water partition coefficient (Wildman–Crippen LogP) is 2.37. The Labute approximate surface area is 106 Å². The largest absolute Gasteiger partial charge is 0.313 e. The van der Waals surface area contributed by atoms with Crippen LogP contribution in [0, 0.1) is 5.41 Å². The van der Waals surface area contributed by atoms with E-state index in [9.17, 15) is 8.42 Å². The van der Waals surface area contributed by atoms with E-state index < -0.39 is 9.84 Å². The average Bonchev–Trinajstić information content (AvgIpc) is 3.08. The molecule has 1 unspecified atom stereocenters. The van der Waals surface area contributed by atoms with E-state index in [1.807, 2.05) is 6.92 Å². The van der Waals surface area contributed by atoms with Gasteiger partial charge in [0.1, 0.15) is 9.84 Å². The molecule has 1 atom stereocenters. The van der Waals surface area contributed by atoms with Gasteiger partial charge in [0.2, 0.25) is 0 Å². The summed E-state index contributed by atoms with van der Waals surface area (Å²) in [4.78, 5) is 0. The van der Waals surface area contributed by atoms with E-state index in [0.29, 0.717) is 17.5 Å². The molecule has 1 N–H and O–H groups in total. The highest BCUT2D eigenvalue weighted by Crippen LogP contribution is 2.28. The number of hydrogen-bond acceptors (Lipinski definition) is 3. The molecule has 0 bridgehead atoms. The Morgan fingerprint density at radius 1 is 1.24 bits per heavy atom. The van der Waals surface area contributed by atoms with E-state index in [1.54, 1.807) is 0 Å². The number of nitrogens with one attached hydrogen (secondary N) is 1. The highest BCUT2D eigenvalue weighted by molar-refractivity contribution is 7.91. The van der Waals surface area contributed by atoms with Crippen molar-refractivity contribution in [1.82, 2.24) is 5.32 Å². The number of sulfone groups is 1. The van der Waals surface area contributed by atoms with Gasteiger partial charge in [-0.1, -0.05) is 20.8 Å². The zero-order chi connectivity index (χ0) is 12.9. The number of hydrogen-bond donors (Lipinski definition) is 1. The lowest BCUT2D eigenvalue weighted by Crippen LogP contribution is -2.34. The fourth-order valence-electron chi connectivity index (χ4n) is 1.88. The SMILES string of the molecule is CCCS(=O)(=O)CCC(C)(CC)CNC1CC1. The fourth-order valence-corrected chi connectivity index (χ4v) is 3.51. The molecule has 3 nitrogen and oxygen atoms in total. The van der Waals surface area contributed by atoms with Crippen LogP contribution in [0.4, 0.5) is 0 Å². The normalized spacial score (nSPS) is 20.2. The van der Waals surface area contributed by atoms with Gasteiger partial charge in [-0.15, -0.1) is 0 Å². The van der Waals surface area contributed by atoms with Crippen LogP contribution in [-0.4, -0.2) is 32.5 Å². The quantitative estimate of drug-likeness (QED) is 0.693. The second-order valence-corrected chi connectivity index (χ2v) is 8.02. The van der Waals surface area contributed by atoms with Gasteiger partial charge in [0, 0.05) is 18.3 Å². The minimum atomic E-state index is -2.83. The van der Waals surface area contributed by atoms with Crippen molar-refractivity contribution in [3.8, 4) is 0 Å². The van der Waals surface area contributed by atoms with Crippen molar-refractivity contribution in [3.63, 3.8) is 0 Å². The molecule has 102 valence electrons. The lowest BCUT2D eigenvalue weighted by Gasteiger charge is -2.28. The van der Waals surface area contributed by atoms with Crippen molar-refractivity contribution in [3.05, 3.63) is 0 Å². The lowest BCUT2D eigenvalue weighted by atomic mass is 9.84. The molecule has 0 aromatic heterocycles. The topological polar surface area (TPSA) is 46.2 Å². The molecule has 17 heavy (non-hydrogen) atoms. The summed E-state index contributed by atoms with van der Waals surface area (Å²) >= 11 is 0. The molecule has 1 saturated carbocycles. The third kappa shape index (κ3) is 5.87. The van der Waals surface area contributed by atoms with E-state index in [-0.39, 0.29) is 5.41 Å². The first-order valence-electron chi connectivity index (χ1n) is 6.84. The van der Waals surface area contributed by atoms with Gasteiger partial charge in [0.05, 0.1) is 5.75 Å². The highest BCUT2D eigenvalue weighted by Gasteiger charge is 2.28. The predicted molar refractivity (Wildman–Crippen MR) is 73.0 cm³/mol. The Morgan fingerprint density at radius 2 is 1.88 bits per heavy atom. The van der Waals surface area contributed by atoms with Gasteiger partial charge in [0.15, 0.2) is 0 Å². The Bertz CT molecular complexity index is 322. The monoisotopic (exact) mass is 261 g/mol. The summed E-state index contributed by atoms with van der Waals surface area (Å²) in [5.74, 6) is 0.681. The molecule has 1 rings (SSSR count). The van der Waals surface area contributed by atoms with Crippen LogP contribution in [0.3, 0.4) is 0 Å². The molecular formula is C13H27NO2S. The summed E-state index contributed by atoms with van der Waals surface area (Å²) in [6, 6.07) is 0.702. The van der Waals surface area contributed by atoms with Crippen LogP contribution in [0.1, 0.15) is 52.9 Å². The Kier molecular flexibility index (Phi) is 5.45. The molecular weight excluding hydrogens is 234 g/mol. The Morgan fingerprint density at radius 3 is 2.35 bits per heavy atom. The van der Waals surface area contributed by atoms with Crippen LogP contribution in [-0.2, 0) is 9.84 Å². The van der Waals surface area contributed by atoms with Crippen LogP contribution >= 0.6 is 0 Å². The van der Waals surface area contributed by atoms with Gasteiger partial charge in [-0.25, -0.2) is 8.42 Å². The summed E-state index contributed by atoms with van der Waals surface area (Å²) in [5, 5.41) is 3.52. The van der Waals surface area contributed by atoms with E-state index in [1.165, 1.54) is 12.8 Å². The van der Waals surface area contributed by atoms with E-state index >= 15 is 0 Å². The van der Waals surface area contributed by atoms with E-state index in [2.05, 4.69) is 19.2 Å². The fraction of sp³-hybridized carbons (Fsp3) is 1.00. The van der Waals surface area contributed by atoms with Crippen molar-refractivity contribution >= 4 is 9.84 Å². The molecule has 4 heteroatoms. The minimum absolute atomic E-state index is 0.128. The van der Waals surface area contributed by atoms with Crippen LogP contribution in [0.25, 0.3) is 0 Å². The van der Waals surface area contributed by atoms with Gasteiger partial charge in [-0.3, -0.25) is 0 Å². The van der Waals surface area contributed by atoms with Gasteiger partial charge < -0.3 is 5.32 Å². The van der Waals surface area contributed by atoms with Gasteiger partial charge in [0.25, 0.3) is 0 Å². The van der Waals surface area contributed by atoms with Crippen molar-refractivity contribution < 1.29 is 8.42 Å². The van der Waals surface area contributed by atoms with Crippen LogP contribution in [0.15, 0.2) is 0 Å². The maximum atomic E-state index is 11.7. The van der Waals surface area contributed by atoms with Crippen LogP contribution in [0.5, 0.6) is 0 Å². The summed E-state index contributed by atoms with van der Waals surface area (Å²) < 4.78 is 23.4. The molecule has 0 aliphatic heterocycles. The van der Waals surface area contributed by atoms with Crippen LogP contribution in [0.2, 0.25) is 0 Å². The van der Waals surface area contributed by atoms with Crippen molar-refractivity contribution in [2.24, 2.45) is 5.41 Å².